The summed E-state index contributed by atoms with van der Waals surface area (Å²) in [6, 6.07) is 10.0. The van der Waals surface area contributed by atoms with Crippen molar-refractivity contribution in [3.05, 3.63) is 35.9 Å². The zero-order valence-corrected chi connectivity index (χ0v) is 13.7. The van der Waals surface area contributed by atoms with Crippen LogP contribution in [0.2, 0.25) is 0 Å². The predicted molar refractivity (Wildman–Crippen MR) is 75.1 cm³/mol. The number of hydrogen-bond donors (Lipinski definition) is 1. The van der Waals surface area contributed by atoms with Crippen molar-refractivity contribution in [3.63, 3.8) is 0 Å². The molecule has 4 nitrogen and oxygen atoms in total. The van der Waals surface area contributed by atoms with E-state index in [0.717, 1.165) is 12.8 Å². The average molecular weight is 355 g/mol. The van der Waals surface area contributed by atoms with Crippen molar-refractivity contribution in [1.82, 2.24) is 4.90 Å². The molecule has 21 heavy (non-hydrogen) atoms. The molecule has 1 aromatic rings. The maximum Gasteiger partial charge on any atom is 0.339 e. The van der Waals surface area contributed by atoms with Gasteiger partial charge in [-0.25, -0.2) is 4.79 Å². The smallest absolute Gasteiger partial charge is 0.339 e. The predicted octanol–water partition coefficient (Wildman–Crippen LogP) is -1.11. The molecule has 2 bridgehead atoms. The van der Waals surface area contributed by atoms with Gasteiger partial charge in [0.05, 0.1) is 0 Å². The third-order valence-corrected chi connectivity index (χ3v) is 4.68. The number of fused-ring (bicyclic) bond motifs is 2. The Balaban J connectivity index is 0.00000161. The molecule has 1 N–H and O–H groups in total. The Labute approximate surface area is 135 Å². The van der Waals surface area contributed by atoms with Crippen molar-refractivity contribution < 1.29 is 31.6 Å². The molecule has 2 fully saturated rings. The highest BCUT2D eigenvalue weighted by Gasteiger charge is 2.40. The van der Waals surface area contributed by atoms with Gasteiger partial charge in [0.2, 0.25) is 0 Å². The van der Waals surface area contributed by atoms with Crippen LogP contribution in [0.5, 0.6) is 0 Å². The fraction of sp³-hybridized carbons (Fsp3) is 0.562. The third kappa shape index (κ3) is 3.47. The van der Waals surface area contributed by atoms with E-state index in [9.17, 15) is 9.90 Å². The maximum atomic E-state index is 12.0. The molecule has 0 saturated carbocycles. The average Bonchev–Trinajstić information content (AvgIpc) is 2.69. The SMILES string of the molecule is CN1C2CCC1CC(OC(=O)C(O)c1ccccc1)C2.[Br-]. The lowest BCUT2D eigenvalue weighted by Gasteiger charge is -2.36. The standard InChI is InChI=1S/C16H21NO3.BrH/c1-17-12-7-8-13(17)10-14(9-12)20-16(19)15(18)11-5-3-2-4-6-11;/h2-6,12-15,18H,7-10H2,1H3;1H/p-1. The summed E-state index contributed by atoms with van der Waals surface area (Å²) in [6.07, 6.45) is 2.94. The molecular formula is C16H21BrNO3-. The van der Waals surface area contributed by atoms with E-state index in [4.69, 9.17) is 4.74 Å². The van der Waals surface area contributed by atoms with Crippen LogP contribution in [0.3, 0.4) is 0 Å². The lowest BCUT2D eigenvalue weighted by atomic mass is 10.0. The highest BCUT2D eigenvalue weighted by Crippen LogP contribution is 2.35. The minimum Gasteiger partial charge on any atom is -1.00 e. The summed E-state index contributed by atoms with van der Waals surface area (Å²) in [7, 11) is 2.15. The Hall–Kier alpha value is -0.910. The second kappa shape index (κ2) is 6.90. The van der Waals surface area contributed by atoms with Gasteiger partial charge >= 0.3 is 5.97 Å². The first kappa shape index (κ1) is 16.5. The van der Waals surface area contributed by atoms with E-state index in [2.05, 4.69) is 11.9 Å². The number of carbonyl (C=O) groups is 1. The van der Waals surface area contributed by atoms with Crippen LogP contribution in [0.25, 0.3) is 0 Å². The van der Waals surface area contributed by atoms with E-state index in [1.807, 2.05) is 18.2 Å². The highest BCUT2D eigenvalue weighted by atomic mass is 79.9. The number of aliphatic hydroxyl groups excluding tert-OH is 1. The molecule has 2 aliphatic heterocycles. The van der Waals surface area contributed by atoms with Crippen LogP contribution < -0.4 is 17.0 Å². The van der Waals surface area contributed by atoms with Crippen LogP contribution in [0, 0.1) is 0 Å². The summed E-state index contributed by atoms with van der Waals surface area (Å²) in [4.78, 5) is 14.4. The molecule has 0 aromatic heterocycles. The lowest BCUT2D eigenvalue weighted by molar-refractivity contribution is -0.162. The first-order chi connectivity index (χ1) is 9.65. The van der Waals surface area contributed by atoms with Crippen LogP contribution in [0.1, 0.15) is 37.4 Å². The van der Waals surface area contributed by atoms with Crippen molar-refractivity contribution in [1.29, 1.82) is 0 Å². The Morgan fingerprint density at radius 1 is 1.24 bits per heavy atom. The van der Waals surface area contributed by atoms with Gasteiger partial charge in [0.1, 0.15) is 6.10 Å². The van der Waals surface area contributed by atoms with E-state index in [-0.39, 0.29) is 23.1 Å². The third-order valence-electron chi connectivity index (χ3n) is 4.68. The van der Waals surface area contributed by atoms with Crippen molar-refractivity contribution in [2.24, 2.45) is 0 Å². The van der Waals surface area contributed by atoms with Crippen molar-refractivity contribution in [3.8, 4) is 0 Å². The van der Waals surface area contributed by atoms with Gasteiger partial charge in [-0.05, 0) is 38.3 Å². The zero-order chi connectivity index (χ0) is 14.1. The molecule has 3 rings (SSSR count). The molecule has 2 saturated heterocycles. The molecule has 2 heterocycles. The molecule has 0 radical (unpaired) electrons. The van der Waals surface area contributed by atoms with Gasteiger partial charge in [-0.2, -0.15) is 0 Å². The van der Waals surface area contributed by atoms with Gasteiger partial charge in [0.25, 0.3) is 0 Å². The number of esters is 1. The number of hydrogen-bond acceptors (Lipinski definition) is 4. The zero-order valence-electron chi connectivity index (χ0n) is 12.1. The van der Waals surface area contributed by atoms with Crippen LogP contribution in [-0.2, 0) is 9.53 Å². The summed E-state index contributed by atoms with van der Waals surface area (Å²) in [5.41, 5.74) is 0.591. The maximum absolute atomic E-state index is 12.0. The number of piperidine rings is 1. The Morgan fingerprint density at radius 2 is 1.81 bits per heavy atom. The van der Waals surface area contributed by atoms with E-state index in [0.29, 0.717) is 17.6 Å². The second-order valence-electron chi connectivity index (χ2n) is 5.89. The molecule has 1 aromatic carbocycles. The van der Waals surface area contributed by atoms with Crippen molar-refractivity contribution in [2.45, 2.75) is 50.0 Å². The van der Waals surface area contributed by atoms with Crippen LogP contribution >= 0.6 is 0 Å². The van der Waals surface area contributed by atoms with E-state index in [1.54, 1.807) is 12.1 Å². The topological polar surface area (TPSA) is 49.8 Å². The summed E-state index contributed by atoms with van der Waals surface area (Å²) in [5.74, 6) is -0.523. The van der Waals surface area contributed by atoms with E-state index < -0.39 is 12.1 Å². The molecule has 0 spiro atoms. The molecule has 3 atom stereocenters. The van der Waals surface area contributed by atoms with Gasteiger partial charge in [-0.3, -0.25) is 0 Å². The van der Waals surface area contributed by atoms with Crippen LogP contribution in [0.4, 0.5) is 0 Å². The molecule has 5 heteroatoms. The Kier molecular flexibility index (Phi) is 5.41. The van der Waals surface area contributed by atoms with Crippen LogP contribution in [-0.4, -0.2) is 41.2 Å². The van der Waals surface area contributed by atoms with Crippen molar-refractivity contribution in [2.75, 3.05) is 7.05 Å². The monoisotopic (exact) mass is 354 g/mol. The number of halogens is 1. The lowest BCUT2D eigenvalue weighted by Crippen LogP contribution is -3.00. The van der Waals surface area contributed by atoms with Gasteiger partial charge in [0, 0.05) is 12.1 Å². The highest BCUT2D eigenvalue weighted by molar-refractivity contribution is 5.76. The first-order valence-electron chi connectivity index (χ1n) is 7.30. The quantitative estimate of drug-likeness (QED) is 0.699. The summed E-state index contributed by atoms with van der Waals surface area (Å²) in [5, 5.41) is 10.0. The second-order valence-corrected chi connectivity index (χ2v) is 5.89. The largest absolute Gasteiger partial charge is 1.00 e. The number of ether oxygens (including phenoxy) is 1. The minimum absolute atomic E-state index is 0. The number of benzene rings is 1. The number of aliphatic hydroxyl groups is 1. The summed E-state index contributed by atoms with van der Waals surface area (Å²) in [6.45, 7) is 0. The fourth-order valence-corrected chi connectivity index (χ4v) is 3.46. The minimum atomic E-state index is -1.17. The van der Waals surface area contributed by atoms with Gasteiger partial charge < -0.3 is 31.7 Å². The normalized spacial score (nSPS) is 29.5. The number of rotatable bonds is 3. The molecule has 3 unspecified atom stereocenters. The fourth-order valence-electron chi connectivity index (χ4n) is 3.46. The molecule has 2 aliphatic rings. The number of nitrogens with zero attached hydrogens (tertiary/aromatic N) is 1. The van der Waals surface area contributed by atoms with Gasteiger partial charge in [-0.1, -0.05) is 30.3 Å². The van der Waals surface area contributed by atoms with Gasteiger partial charge in [0.15, 0.2) is 6.10 Å². The Morgan fingerprint density at radius 3 is 2.38 bits per heavy atom. The molecule has 116 valence electrons. The molecular weight excluding hydrogens is 334 g/mol. The number of carbonyl (C=O) groups excluding carboxylic acids is 1. The molecule has 0 aliphatic carbocycles. The molecule has 0 amide bonds. The first-order valence-corrected chi connectivity index (χ1v) is 7.30. The van der Waals surface area contributed by atoms with Crippen molar-refractivity contribution >= 4 is 5.97 Å². The van der Waals surface area contributed by atoms with Crippen LogP contribution in [0.15, 0.2) is 30.3 Å². The summed E-state index contributed by atoms with van der Waals surface area (Å²) >= 11 is 0. The van der Waals surface area contributed by atoms with E-state index >= 15 is 0 Å². The summed E-state index contributed by atoms with van der Waals surface area (Å²) < 4.78 is 5.52. The van der Waals surface area contributed by atoms with Gasteiger partial charge in [-0.15, -0.1) is 0 Å². The van der Waals surface area contributed by atoms with E-state index in [1.165, 1.54) is 12.8 Å². The Bertz CT molecular complexity index is 468.